The summed E-state index contributed by atoms with van der Waals surface area (Å²) in [6, 6.07) is 16.5. The molecule has 7 heteroatoms. The van der Waals surface area contributed by atoms with Crippen molar-refractivity contribution in [2.75, 3.05) is 19.1 Å². The lowest BCUT2D eigenvalue weighted by Crippen LogP contribution is -2.29. The van der Waals surface area contributed by atoms with Gasteiger partial charge < -0.3 is 14.6 Å². The van der Waals surface area contributed by atoms with E-state index < -0.39 is 17.7 Å². The van der Waals surface area contributed by atoms with Gasteiger partial charge in [-0.05, 0) is 73.0 Å². The predicted molar refractivity (Wildman–Crippen MR) is 132 cm³/mol. The molecule has 0 saturated carbocycles. The summed E-state index contributed by atoms with van der Waals surface area (Å²) in [6.45, 7) is 3.65. The maximum atomic E-state index is 13.3. The number of ketones is 1. The van der Waals surface area contributed by atoms with Crippen molar-refractivity contribution in [1.82, 2.24) is 0 Å². The summed E-state index contributed by atoms with van der Waals surface area (Å²) in [7, 11) is 3.09. The van der Waals surface area contributed by atoms with E-state index in [1.54, 1.807) is 74.7 Å². The Morgan fingerprint density at radius 3 is 2.26 bits per heavy atom. The molecule has 1 heterocycles. The maximum absolute atomic E-state index is 13.3. The van der Waals surface area contributed by atoms with Gasteiger partial charge in [-0.25, -0.2) is 0 Å². The number of anilines is 1. The Balaban J connectivity index is 1.97. The van der Waals surface area contributed by atoms with Gasteiger partial charge in [-0.1, -0.05) is 29.8 Å². The standard InChI is InChI=1S/C27H24ClNO5/c1-15-8-9-18(14-22(15)28)29-24(17-6-5-7-19(13-17)33-3)23(26(31)27(29)32)25(30)21-11-10-20(34-4)12-16(21)2/h5-14,24,30H,1-4H3/b25-23+. The van der Waals surface area contributed by atoms with Crippen LogP contribution in [0.25, 0.3) is 5.76 Å². The third kappa shape index (κ3) is 4.01. The molecule has 0 aromatic heterocycles. The van der Waals surface area contributed by atoms with Crippen molar-refractivity contribution >= 4 is 34.7 Å². The number of carbonyl (C=O) groups excluding carboxylic acids is 2. The Bertz CT molecular complexity index is 1330. The van der Waals surface area contributed by atoms with Crippen LogP contribution in [0.4, 0.5) is 5.69 Å². The van der Waals surface area contributed by atoms with Gasteiger partial charge in [0.2, 0.25) is 0 Å². The van der Waals surface area contributed by atoms with Crippen molar-refractivity contribution in [3.63, 3.8) is 0 Å². The largest absolute Gasteiger partial charge is 0.507 e. The van der Waals surface area contributed by atoms with Crippen molar-refractivity contribution in [2.24, 2.45) is 0 Å². The number of aliphatic hydroxyl groups is 1. The fraction of sp³-hybridized carbons (Fsp3) is 0.185. The molecule has 1 aliphatic rings. The monoisotopic (exact) mass is 477 g/mol. The second-order valence-electron chi connectivity index (χ2n) is 8.06. The number of carbonyl (C=O) groups is 2. The molecule has 0 aliphatic carbocycles. The number of rotatable bonds is 5. The molecule has 174 valence electrons. The summed E-state index contributed by atoms with van der Waals surface area (Å²) in [5, 5.41) is 11.8. The molecule has 1 amide bonds. The summed E-state index contributed by atoms with van der Waals surface area (Å²) >= 11 is 6.35. The number of halogens is 1. The minimum absolute atomic E-state index is 0.0109. The molecule has 0 radical (unpaired) electrons. The molecule has 0 bridgehead atoms. The smallest absolute Gasteiger partial charge is 0.300 e. The van der Waals surface area contributed by atoms with Crippen LogP contribution in [0.3, 0.4) is 0 Å². The van der Waals surface area contributed by atoms with Gasteiger partial charge in [0.05, 0.1) is 25.8 Å². The highest BCUT2D eigenvalue weighted by Gasteiger charge is 2.47. The Labute approximate surface area is 203 Å². The summed E-state index contributed by atoms with van der Waals surface area (Å²) in [6.07, 6.45) is 0. The van der Waals surface area contributed by atoms with E-state index in [2.05, 4.69) is 0 Å². The zero-order valence-corrected chi connectivity index (χ0v) is 20.0. The number of aryl methyl sites for hydroxylation is 2. The zero-order valence-electron chi connectivity index (χ0n) is 19.3. The number of hydrogen-bond acceptors (Lipinski definition) is 5. The zero-order chi connectivity index (χ0) is 24.6. The number of ether oxygens (including phenoxy) is 2. The summed E-state index contributed by atoms with van der Waals surface area (Å²) in [5.74, 6) is -0.608. The normalized spacial score (nSPS) is 17.2. The lowest BCUT2D eigenvalue weighted by atomic mass is 9.93. The van der Waals surface area contributed by atoms with Gasteiger partial charge in [-0.15, -0.1) is 0 Å². The van der Waals surface area contributed by atoms with Crippen LogP contribution in [0.2, 0.25) is 5.02 Å². The minimum Gasteiger partial charge on any atom is -0.507 e. The summed E-state index contributed by atoms with van der Waals surface area (Å²) in [4.78, 5) is 28.0. The fourth-order valence-corrected chi connectivity index (χ4v) is 4.31. The number of methoxy groups -OCH3 is 2. The maximum Gasteiger partial charge on any atom is 0.300 e. The number of nitrogens with zero attached hydrogens (tertiary/aromatic N) is 1. The molecule has 1 unspecified atom stereocenters. The molecule has 3 aromatic rings. The van der Waals surface area contributed by atoms with Crippen LogP contribution >= 0.6 is 11.6 Å². The molecule has 0 spiro atoms. The highest BCUT2D eigenvalue weighted by molar-refractivity contribution is 6.51. The number of benzene rings is 3. The quantitative estimate of drug-likeness (QED) is 0.294. The van der Waals surface area contributed by atoms with Crippen molar-refractivity contribution in [2.45, 2.75) is 19.9 Å². The van der Waals surface area contributed by atoms with Crippen LogP contribution in [0.1, 0.15) is 28.3 Å². The molecule has 3 aromatic carbocycles. The minimum atomic E-state index is -0.879. The molecule has 1 aliphatic heterocycles. The van der Waals surface area contributed by atoms with E-state index in [4.69, 9.17) is 21.1 Å². The van der Waals surface area contributed by atoms with Gasteiger partial charge in [0.25, 0.3) is 11.7 Å². The van der Waals surface area contributed by atoms with E-state index in [9.17, 15) is 14.7 Å². The summed E-state index contributed by atoms with van der Waals surface area (Å²) in [5.41, 5.74) is 3.04. The lowest BCUT2D eigenvalue weighted by Gasteiger charge is -2.26. The first-order valence-corrected chi connectivity index (χ1v) is 11.0. The van der Waals surface area contributed by atoms with Crippen LogP contribution in [0, 0.1) is 13.8 Å². The summed E-state index contributed by atoms with van der Waals surface area (Å²) < 4.78 is 10.6. The van der Waals surface area contributed by atoms with Gasteiger partial charge in [-0.2, -0.15) is 0 Å². The number of hydrogen-bond donors (Lipinski definition) is 1. The van der Waals surface area contributed by atoms with Crippen molar-refractivity contribution in [3.05, 3.63) is 93.5 Å². The van der Waals surface area contributed by atoms with Gasteiger partial charge >= 0.3 is 0 Å². The van der Waals surface area contributed by atoms with Crippen molar-refractivity contribution < 1.29 is 24.2 Å². The van der Waals surface area contributed by atoms with Crippen molar-refractivity contribution in [1.29, 1.82) is 0 Å². The highest BCUT2D eigenvalue weighted by atomic mass is 35.5. The molecule has 1 N–H and O–H groups in total. The van der Waals surface area contributed by atoms with E-state index in [1.807, 2.05) is 6.92 Å². The Morgan fingerprint density at radius 2 is 1.62 bits per heavy atom. The van der Waals surface area contributed by atoms with Crippen LogP contribution < -0.4 is 14.4 Å². The Morgan fingerprint density at radius 1 is 0.912 bits per heavy atom. The molecule has 6 nitrogen and oxygen atoms in total. The van der Waals surface area contributed by atoms with Crippen LogP contribution in [0.15, 0.2) is 66.2 Å². The van der Waals surface area contributed by atoms with E-state index in [0.29, 0.717) is 38.9 Å². The van der Waals surface area contributed by atoms with Crippen LogP contribution in [-0.4, -0.2) is 31.0 Å². The third-order valence-electron chi connectivity index (χ3n) is 5.98. The molecular formula is C27H24ClNO5. The molecule has 4 rings (SSSR count). The Hall–Kier alpha value is -3.77. The average molecular weight is 478 g/mol. The van der Waals surface area contributed by atoms with Gasteiger partial charge in [-0.3, -0.25) is 14.5 Å². The fourth-order valence-electron chi connectivity index (χ4n) is 4.13. The topological polar surface area (TPSA) is 76.1 Å². The van der Waals surface area contributed by atoms with Crippen molar-refractivity contribution in [3.8, 4) is 11.5 Å². The lowest BCUT2D eigenvalue weighted by molar-refractivity contribution is -0.132. The highest BCUT2D eigenvalue weighted by Crippen LogP contribution is 2.44. The molecule has 34 heavy (non-hydrogen) atoms. The van der Waals surface area contributed by atoms with E-state index in [0.717, 1.165) is 5.56 Å². The number of Topliss-reactive ketones (excluding diaryl/α,β-unsaturated/α-hetero) is 1. The number of amides is 1. The first-order valence-electron chi connectivity index (χ1n) is 10.6. The van der Waals surface area contributed by atoms with E-state index >= 15 is 0 Å². The molecule has 1 atom stereocenters. The molecular weight excluding hydrogens is 454 g/mol. The van der Waals surface area contributed by atoms with Crippen LogP contribution in [-0.2, 0) is 9.59 Å². The van der Waals surface area contributed by atoms with E-state index in [-0.39, 0.29) is 11.3 Å². The third-order valence-corrected chi connectivity index (χ3v) is 6.38. The first-order chi connectivity index (χ1) is 16.3. The van der Waals surface area contributed by atoms with E-state index in [1.165, 1.54) is 12.0 Å². The Kier molecular flexibility index (Phi) is 6.35. The predicted octanol–water partition coefficient (Wildman–Crippen LogP) is 5.60. The average Bonchev–Trinajstić information content (AvgIpc) is 3.10. The first kappa shape index (κ1) is 23.4. The van der Waals surface area contributed by atoms with Gasteiger partial charge in [0, 0.05) is 16.3 Å². The van der Waals surface area contributed by atoms with Crippen LogP contribution in [0.5, 0.6) is 11.5 Å². The molecule has 1 fully saturated rings. The second kappa shape index (κ2) is 9.23. The second-order valence-corrected chi connectivity index (χ2v) is 8.47. The molecule has 1 saturated heterocycles. The van der Waals surface area contributed by atoms with Gasteiger partial charge in [0.15, 0.2) is 0 Å². The SMILES string of the molecule is COc1cccc(C2/C(=C(\O)c3ccc(OC)cc3C)C(=O)C(=O)N2c2ccc(C)c(Cl)c2)c1. The number of aliphatic hydroxyl groups excluding tert-OH is 1. The van der Waals surface area contributed by atoms with Gasteiger partial charge in [0.1, 0.15) is 17.3 Å².